The lowest BCUT2D eigenvalue weighted by atomic mass is 10.1. The molecule has 5 rings (SSSR count). The molecular formula is C19H26N7O18P3. The van der Waals surface area contributed by atoms with Gasteiger partial charge < -0.3 is 49.9 Å². The number of imidazole rings is 1. The van der Waals surface area contributed by atoms with Crippen molar-refractivity contribution >= 4 is 40.4 Å². The fourth-order valence-corrected chi connectivity index (χ4v) is 6.68. The number of H-pyrrole nitrogens is 1. The zero-order valence-corrected chi connectivity index (χ0v) is 25.8. The lowest BCUT2D eigenvalue weighted by Crippen LogP contribution is -2.39. The number of phosphoric acid groups is 3. The van der Waals surface area contributed by atoms with Gasteiger partial charge in [-0.25, -0.2) is 33.4 Å². The molecule has 2 aliphatic heterocycles. The van der Waals surface area contributed by atoms with Crippen LogP contribution in [0.5, 0.6) is 0 Å². The van der Waals surface area contributed by atoms with E-state index in [4.69, 9.17) is 34.0 Å². The van der Waals surface area contributed by atoms with Crippen molar-refractivity contribution in [3.8, 4) is 0 Å². The summed E-state index contributed by atoms with van der Waals surface area (Å²) in [5, 5.41) is 21.8. The standard InChI is InChI=1S/C19H26N7O18P3/c20-15-10-16(22-5-21-15)26(6-23-10)18-12(29)14(7(42-18)3-39-45(31,32)33)44-47(37,38)40-4-8-13(43-46(34,35)36)11(28)17(41-8)25-2-1-9(27)24-19(25)30/h1-2,5-8,11-14,17-18,28-29H,3-4H2,(H,37,38)(H2,20,21,22)(H,24,27,30)(H2,31,32,33)(H2,34,35,36)/t7-,8-,11-,12-,13-,14-,17-,18-/m1/s1. The topological polar surface area (TPSA) is 373 Å². The maximum Gasteiger partial charge on any atom is 0.472 e. The SMILES string of the molecule is Nc1ncnc2c1ncn2[C@@H]1O[C@H](COP(=O)(O)O)[C@@H](OP(=O)(O)OC[C@H]2O[C@@H](n3ccc(=O)[nH]c3=O)[C@H](O)[C@@H]2OP(=O)(O)O)[C@H]1O. The van der Waals surface area contributed by atoms with Gasteiger partial charge in [0.05, 0.1) is 19.5 Å². The lowest BCUT2D eigenvalue weighted by molar-refractivity contribution is -0.0605. The molecule has 0 bridgehead atoms. The molecule has 3 aromatic rings. The first-order chi connectivity index (χ1) is 21.8. The molecule has 260 valence electrons. The summed E-state index contributed by atoms with van der Waals surface area (Å²) in [7, 11) is -15.9. The van der Waals surface area contributed by atoms with E-state index < -0.39 is 97.0 Å². The molecule has 10 N–H and O–H groups in total. The van der Waals surface area contributed by atoms with Crippen molar-refractivity contribution in [1.29, 1.82) is 0 Å². The molecule has 0 aromatic carbocycles. The Balaban J connectivity index is 1.36. The number of phosphoric ester groups is 3. The number of nitrogens with zero attached hydrogens (tertiary/aromatic N) is 5. The average molecular weight is 733 g/mol. The smallest absolute Gasteiger partial charge is 0.386 e. The second kappa shape index (κ2) is 13.2. The number of aromatic nitrogens is 6. The number of anilines is 1. The fraction of sp³-hybridized carbons (Fsp3) is 0.526. The molecule has 47 heavy (non-hydrogen) atoms. The van der Waals surface area contributed by atoms with E-state index in [0.29, 0.717) is 4.57 Å². The highest BCUT2D eigenvalue weighted by atomic mass is 31.2. The second-order valence-corrected chi connectivity index (χ2v) is 13.7. The summed E-state index contributed by atoms with van der Waals surface area (Å²) < 4.78 is 67.9. The molecule has 0 radical (unpaired) electrons. The Bertz CT molecular complexity index is 1870. The minimum absolute atomic E-state index is 0.0319. The van der Waals surface area contributed by atoms with E-state index in [1.807, 2.05) is 4.98 Å². The molecule has 2 fully saturated rings. The van der Waals surface area contributed by atoms with E-state index in [-0.39, 0.29) is 17.0 Å². The third-order valence-corrected chi connectivity index (χ3v) is 8.72. The molecular weight excluding hydrogens is 707 g/mol. The van der Waals surface area contributed by atoms with Crippen LogP contribution in [0.4, 0.5) is 5.82 Å². The predicted octanol–water partition coefficient (Wildman–Crippen LogP) is -3.44. The van der Waals surface area contributed by atoms with Gasteiger partial charge in [0.25, 0.3) is 5.56 Å². The first-order valence-corrected chi connectivity index (χ1v) is 17.4. The minimum Gasteiger partial charge on any atom is -0.386 e. The Hall–Kier alpha value is -2.80. The molecule has 0 saturated carbocycles. The summed E-state index contributed by atoms with van der Waals surface area (Å²) in [5.41, 5.74) is 3.98. The summed E-state index contributed by atoms with van der Waals surface area (Å²) >= 11 is 0. The van der Waals surface area contributed by atoms with Crippen LogP contribution in [0.3, 0.4) is 0 Å². The van der Waals surface area contributed by atoms with Gasteiger partial charge in [0.1, 0.15) is 48.5 Å². The number of rotatable bonds is 12. The average Bonchev–Trinajstić information content (AvgIpc) is 3.60. The van der Waals surface area contributed by atoms with E-state index in [0.717, 1.165) is 29.5 Å². The highest BCUT2D eigenvalue weighted by Crippen LogP contribution is 2.51. The van der Waals surface area contributed by atoms with Crippen LogP contribution < -0.4 is 17.0 Å². The summed E-state index contributed by atoms with van der Waals surface area (Å²) in [6, 6.07) is 0.874. The van der Waals surface area contributed by atoms with Gasteiger partial charge in [-0.05, 0) is 0 Å². The number of nitrogen functional groups attached to an aromatic ring is 1. The third-order valence-electron chi connectivity index (χ3n) is 6.73. The molecule has 0 aliphatic carbocycles. The maximum atomic E-state index is 13.1. The molecule has 28 heteroatoms. The number of ether oxygens (including phenoxy) is 2. The highest BCUT2D eigenvalue weighted by Gasteiger charge is 2.52. The van der Waals surface area contributed by atoms with Gasteiger partial charge >= 0.3 is 29.2 Å². The van der Waals surface area contributed by atoms with Gasteiger partial charge in [-0.15, -0.1) is 0 Å². The van der Waals surface area contributed by atoms with Crippen molar-refractivity contribution in [1.82, 2.24) is 29.1 Å². The minimum atomic E-state index is -5.39. The zero-order valence-electron chi connectivity index (χ0n) is 23.1. The van der Waals surface area contributed by atoms with Crippen molar-refractivity contribution in [2.45, 2.75) is 49.1 Å². The largest absolute Gasteiger partial charge is 0.472 e. The number of aliphatic hydroxyl groups is 2. The van der Waals surface area contributed by atoms with Crippen LogP contribution in [-0.4, -0.2) is 114 Å². The molecule has 0 amide bonds. The van der Waals surface area contributed by atoms with E-state index in [1.54, 1.807) is 0 Å². The van der Waals surface area contributed by atoms with E-state index in [9.17, 15) is 48.2 Å². The highest BCUT2D eigenvalue weighted by molar-refractivity contribution is 7.47. The normalized spacial score (nSPS) is 29.8. The summed E-state index contributed by atoms with van der Waals surface area (Å²) in [4.78, 5) is 84.9. The van der Waals surface area contributed by atoms with Gasteiger partial charge in [0.15, 0.2) is 23.9 Å². The number of nitrogens with two attached hydrogens (primary N) is 1. The van der Waals surface area contributed by atoms with Gasteiger partial charge in [-0.3, -0.25) is 37.0 Å². The van der Waals surface area contributed by atoms with Crippen LogP contribution in [-0.2, 0) is 41.3 Å². The van der Waals surface area contributed by atoms with E-state index in [2.05, 4.69) is 24.0 Å². The van der Waals surface area contributed by atoms with Crippen molar-refractivity contribution in [3.05, 3.63) is 45.8 Å². The number of hydrogen-bond acceptors (Lipinski definition) is 17. The Kier molecular flexibility index (Phi) is 10.0. The molecule has 9 atom stereocenters. The summed E-state index contributed by atoms with van der Waals surface area (Å²) in [6.45, 7) is -2.10. The van der Waals surface area contributed by atoms with Gasteiger partial charge in [0, 0.05) is 12.3 Å². The molecule has 0 spiro atoms. The quantitative estimate of drug-likeness (QED) is 0.0817. The van der Waals surface area contributed by atoms with Crippen LogP contribution in [0.1, 0.15) is 12.5 Å². The predicted molar refractivity (Wildman–Crippen MR) is 146 cm³/mol. The number of nitrogens with one attached hydrogen (secondary N) is 1. The number of hydrogen-bond donors (Lipinski definition) is 9. The molecule has 5 heterocycles. The van der Waals surface area contributed by atoms with Crippen molar-refractivity contribution in [2.75, 3.05) is 18.9 Å². The van der Waals surface area contributed by atoms with Crippen molar-refractivity contribution < 1.29 is 75.9 Å². The van der Waals surface area contributed by atoms with E-state index >= 15 is 0 Å². The zero-order chi connectivity index (χ0) is 34.5. The molecule has 25 nitrogen and oxygen atoms in total. The van der Waals surface area contributed by atoms with Gasteiger partial charge in [-0.2, -0.15) is 0 Å². The van der Waals surface area contributed by atoms with Crippen LogP contribution in [0.25, 0.3) is 11.2 Å². The van der Waals surface area contributed by atoms with Crippen LogP contribution in [0.15, 0.2) is 34.5 Å². The second-order valence-electron chi connectivity index (χ2n) is 9.89. The fourth-order valence-electron chi connectivity index (χ4n) is 4.79. The number of aromatic amines is 1. The lowest BCUT2D eigenvalue weighted by Gasteiger charge is -2.25. The third kappa shape index (κ3) is 8.09. The van der Waals surface area contributed by atoms with Gasteiger partial charge in [0.2, 0.25) is 0 Å². The molecule has 1 unspecified atom stereocenters. The summed E-state index contributed by atoms with van der Waals surface area (Å²) in [6.07, 6.45) is -11.4. The maximum absolute atomic E-state index is 13.1. The Morgan fingerprint density at radius 2 is 1.45 bits per heavy atom. The molecule has 3 aromatic heterocycles. The Morgan fingerprint density at radius 1 is 0.851 bits per heavy atom. The molecule has 2 aliphatic rings. The Labute approximate surface area is 259 Å². The number of fused-ring (bicyclic) bond motifs is 1. The number of aliphatic hydroxyl groups excluding tert-OH is 2. The first-order valence-electron chi connectivity index (χ1n) is 12.8. The monoisotopic (exact) mass is 733 g/mol. The van der Waals surface area contributed by atoms with E-state index in [1.165, 1.54) is 0 Å². The Morgan fingerprint density at radius 3 is 2.04 bits per heavy atom. The summed E-state index contributed by atoms with van der Waals surface area (Å²) in [5.74, 6) is -0.0448. The van der Waals surface area contributed by atoms with Crippen molar-refractivity contribution in [2.24, 2.45) is 0 Å². The van der Waals surface area contributed by atoms with Crippen LogP contribution >= 0.6 is 23.5 Å². The van der Waals surface area contributed by atoms with Gasteiger partial charge in [-0.1, -0.05) is 0 Å². The van der Waals surface area contributed by atoms with Crippen LogP contribution in [0, 0.1) is 0 Å². The van der Waals surface area contributed by atoms with Crippen LogP contribution in [0.2, 0.25) is 0 Å². The first kappa shape index (κ1) is 35.5. The molecule has 2 saturated heterocycles. The van der Waals surface area contributed by atoms with Crippen molar-refractivity contribution in [3.63, 3.8) is 0 Å².